The highest BCUT2D eigenvalue weighted by molar-refractivity contribution is 4.84. The van der Waals surface area contributed by atoms with Gasteiger partial charge in [0.25, 0.3) is 0 Å². The summed E-state index contributed by atoms with van der Waals surface area (Å²) < 4.78 is 22.1. The molecule has 1 rings (SSSR count). The first-order valence-corrected chi connectivity index (χ1v) is 13.6. The smallest absolute Gasteiger partial charge is 0.107 e. The molecule has 0 bridgehead atoms. The van der Waals surface area contributed by atoms with Gasteiger partial charge >= 0.3 is 0 Å². The minimum absolute atomic E-state index is 0.00825. The molecule has 0 radical (unpaired) electrons. The lowest BCUT2D eigenvalue weighted by atomic mass is 9.82. The Kier molecular flexibility index (Phi) is 19.3. The molecular weight excluding hydrogens is 452 g/mol. The average Bonchev–Trinajstić information content (AvgIpc) is 2.83. The third kappa shape index (κ3) is 16.9. The molecule has 0 amide bonds. The molecule has 1 aliphatic rings. The largest absolute Gasteiger partial charge is 0.394 e. The molecule has 9 heteroatoms. The maximum atomic E-state index is 10.6. The van der Waals surface area contributed by atoms with Gasteiger partial charge in [0.1, 0.15) is 6.23 Å². The van der Waals surface area contributed by atoms with E-state index >= 15 is 0 Å². The first-order valence-electron chi connectivity index (χ1n) is 13.6. The second-order valence-electron chi connectivity index (χ2n) is 10.1. The van der Waals surface area contributed by atoms with Crippen LogP contribution in [0.25, 0.3) is 0 Å². The van der Waals surface area contributed by atoms with E-state index in [2.05, 4.69) is 38.3 Å². The van der Waals surface area contributed by atoms with Gasteiger partial charge in [-0.15, -0.1) is 0 Å². The Morgan fingerprint density at radius 2 is 1.46 bits per heavy atom. The maximum Gasteiger partial charge on any atom is 0.107 e. The Bertz CT molecular complexity index is 479. The molecule has 0 aromatic rings. The van der Waals surface area contributed by atoms with Crippen molar-refractivity contribution >= 4 is 0 Å². The Hall–Kier alpha value is -0.360. The third-order valence-electron chi connectivity index (χ3n) is 6.82. The van der Waals surface area contributed by atoms with Crippen molar-refractivity contribution in [3.05, 3.63) is 0 Å². The molecule has 4 unspecified atom stereocenters. The van der Waals surface area contributed by atoms with Gasteiger partial charge in [0, 0.05) is 25.0 Å². The molecule has 0 aromatic heterocycles. The summed E-state index contributed by atoms with van der Waals surface area (Å²) in [5.74, 6) is 1.05. The molecular formula is C26H54N2O7. The molecule has 1 fully saturated rings. The van der Waals surface area contributed by atoms with Gasteiger partial charge in [0.2, 0.25) is 0 Å². The quantitative estimate of drug-likeness (QED) is 0.110. The minimum atomic E-state index is -0.659. The molecule has 0 heterocycles. The van der Waals surface area contributed by atoms with Crippen molar-refractivity contribution in [1.29, 1.82) is 0 Å². The molecule has 210 valence electrons. The van der Waals surface area contributed by atoms with E-state index in [1.807, 2.05) is 0 Å². The molecule has 0 aliphatic heterocycles. The van der Waals surface area contributed by atoms with Gasteiger partial charge in [-0.2, -0.15) is 0 Å². The van der Waals surface area contributed by atoms with Gasteiger partial charge in [-0.25, -0.2) is 0 Å². The molecule has 0 saturated heterocycles. The summed E-state index contributed by atoms with van der Waals surface area (Å²) in [6.07, 6.45) is 4.63. The number of aliphatic hydroxyl groups excluding tert-OH is 3. The lowest BCUT2D eigenvalue weighted by molar-refractivity contribution is -0.00586. The van der Waals surface area contributed by atoms with Crippen LogP contribution in [-0.4, -0.2) is 105 Å². The summed E-state index contributed by atoms with van der Waals surface area (Å²) in [7, 11) is 0. The van der Waals surface area contributed by atoms with Crippen molar-refractivity contribution in [2.75, 3.05) is 59.4 Å². The van der Waals surface area contributed by atoms with Gasteiger partial charge < -0.3 is 39.6 Å². The van der Waals surface area contributed by atoms with Crippen molar-refractivity contribution < 1.29 is 34.3 Å². The fourth-order valence-corrected chi connectivity index (χ4v) is 4.16. The predicted octanol–water partition coefficient (Wildman–Crippen LogP) is 1.68. The van der Waals surface area contributed by atoms with E-state index in [0.717, 1.165) is 38.6 Å². The summed E-state index contributed by atoms with van der Waals surface area (Å²) >= 11 is 0. The van der Waals surface area contributed by atoms with Gasteiger partial charge in [0.05, 0.1) is 65.1 Å². The highest BCUT2D eigenvalue weighted by atomic mass is 16.5. The number of nitrogens with one attached hydrogen (secondary N) is 2. The molecule has 4 atom stereocenters. The fourth-order valence-electron chi connectivity index (χ4n) is 4.16. The fraction of sp³-hybridized carbons (Fsp3) is 1.00. The number of hydrogen-bond donors (Lipinski definition) is 5. The number of ether oxygens (including phenoxy) is 4. The van der Waals surface area contributed by atoms with Crippen LogP contribution in [0.3, 0.4) is 0 Å². The van der Waals surface area contributed by atoms with Gasteiger partial charge in [-0.1, -0.05) is 13.8 Å². The lowest BCUT2D eigenvalue weighted by Gasteiger charge is -2.34. The second kappa shape index (κ2) is 20.7. The summed E-state index contributed by atoms with van der Waals surface area (Å²) in [6, 6.07) is 0.262. The first-order chi connectivity index (χ1) is 16.8. The number of rotatable bonds is 22. The van der Waals surface area contributed by atoms with E-state index in [-0.39, 0.29) is 30.9 Å². The van der Waals surface area contributed by atoms with E-state index < -0.39 is 6.23 Å². The summed E-state index contributed by atoms with van der Waals surface area (Å²) in [4.78, 5) is 0. The predicted molar refractivity (Wildman–Crippen MR) is 137 cm³/mol. The summed E-state index contributed by atoms with van der Waals surface area (Å²) in [6.45, 7) is 12.7. The van der Waals surface area contributed by atoms with Crippen LogP contribution in [0.5, 0.6) is 0 Å². The van der Waals surface area contributed by atoms with Crippen molar-refractivity contribution in [3.63, 3.8) is 0 Å². The van der Waals surface area contributed by atoms with Crippen LogP contribution in [0.4, 0.5) is 0 Å². The molecule has 9 nitrogen and oxygen atoms in total. The summed E-state index contributed by atoms with van der Waals surface area (Å²) in [5.41, 5.74) is 0. The molecule has 0 spiro atoms. The van der Waals surface area contributed by atoms with Crippen molar-refractivity contribution in [2.45, 2.75) is 96.7 Å². The van der Waals surface area contributed by atoms with Crippen LogP contribution in [0.1, 0.15) is 66.2 Å². The highest BCUT2D eigenvalue weighted by Crippen LogP contribution is 2.28. The van der Waals surface area contributed by atoms with E-state index in [1.165, 1.54) is 0 Å². The summed E-state index contributed by atoms with van der Waals surface area (Å²) in [5, 5.41) is 36.1. The minimum Gasteiger partial charge on any atom is -0.394 e. The average molecular weight is 507 g/mol. The number of aliphatic hydroxyl groups is 3. The standard InChI is InChI=1S/C26H54N2O7/c1-20(2)22(4)35-18-17-33-13-10-27-21(3)25(19-23-5-7-24(30)8-6-23)28-26(31)9-12-32-15-16-34-14-11-29/h20-31H,5-19H2,1-4H3. The molecule has 5 N–H and O–H groups in total. The molecule has 1 saturated carbocycles. The normalized spacial score (nSPS) is 22.3. The van der Waals surface area contributed by atoms with Crippen LogP contribution in [-0.2, 0) is 18.9 Å². The van der Waals surface area contributed by atoms with E-state index in [0.29, 0.717) is 64.5 Å². The Labute approximate surface area is 213 Å². The van der Waals surface area contributed by atoms with Crippen LogP contribution in [0.15, 0.2) is 0 Å². The van der Waals surface area contributed by atoms with Crippen molar-refractivity contribution in [3.8, 4) is 0 Å². The van der Waals surface area contributed by atoms with Gasteiger partial charge in [-0.3, -0.25) is 5.32 Å². The Morgan fingerprint density at radius 3 is 2.11 bits per heavy atom. The Morgan fingerprint density at radius 1 is 0.829 bits per heavy atom. The zero-order valence-electron chi connectivity index (χ0n) is 22.6. The lowest BCUT2D eigenvalue weighted by Crippen LogP contribution is -2.51. The van der Waals surface area contributed by atoms with E-state index in [4.69, 9.17) is 24.1 Å². The Balaban J connectivity index is 2.34. The van der Waals surface area contributed by atoms with Gasteiger partial charge in [-0.05, 0) is 57.8 Å². The second-order valence-corrected chi connectivity index (χ2v) is 10.1. The van der Waals surface area contributed by atoms with Gasteiger partial charge in [0.15, 0.2) is 0 Å². The van der Waals surface area contributed by atoms with Crippen LogP contribution in [0.2, 0.25) is 0 Å². The van der Waals surface area contributed by atoms with E-state index in [9.17, 15) is 10.2 Å². The monoisotopic (exact) mass is 506 g/mol. The number of hydrogen-bond acceptors (Lipinski definition) is 9. The van der Waals surface area contributed by atoms with Crippen LogP contribution >= 0.6 is 0 Å². The zero-order valence-corrected chi connectivity index (χ0v) is 22.6. The zero-order chi connectivity index (χ0) is 25.9. The van der Waals surface area contributed by atoms with Crippen molar-refractivity contribution in [1.82, 2.24) is 10.6 Å². The highest BCUT2D eigenvalue weighted by Gasteiger charge is 2.26. The van der Waals surface area contributed by atoms with E-state index in [1.54, 1.807) is 0 Å². The SMILES string of the molecule is CC(C)C(C)OCCOCCNC(C)C(CC1CCC(O)CC1)NC(O)CCOCCOCCO. The topological polar surface area (TPSA) is 122 Å². The van der Waals surface area contributed by atoms with Crippen LogP contribution in [0, 0.1) is 11.8 Å². The first kappa shape index (κ1) is 32.7. The molecule has 1 aliphatic carbocycles. The maximum absolute atomic E-state index is 10.6. The van der Waals surface area contributed by atoms with Crippen LogP contribution < -0.4 is 10.6 Å². The molecule has 35 heavy (non-hydrogen) atoms. The molecule has 0 aromatic carbocycles. The third-order valence-corrected chi connectivity index (χ3v) is 6.82. The van der Waals surface area contributed by atoms with Crippen molar-refractivity contribution in [2.24, 2.45) is 11.8 Å².